The van der Waals surface area contributed by atoms with Gasteiger partial charge >= 0.3 is 6.18 Å². The number of hydrogen-bond acceptors (Lipinski definition) is 2. The zero-order valence-electron chi connectivity index (χ0n) is 5.73. The molecule has 0 spiro atoms. The second-order valence-electron chi connectivity index (χ2n) is 2.29. The highest BCUT2D eigenvalue weighted by Crippen LogP contribution is 2.26. The van der Waals surface area contributed by atoms with Gasteiger partial charge in [0.05, 0.1) is 0 Å². The van der Waals surface area contributed by atoms with E-state index in [1.165, 1.54) is 0 Å². The van der Waals surface area contributed by atoms with Crippen LogP contribution in [0.4, 0.5) is 13.2 Å². The molecular weight excluding hydrogens is 193 g/mol. The van der Waals surface area contributed by atoms with Crippen LogP contribution >= 0.6 is 12.2 Å². The van der Waals surface area contributed by atoms with Gasteiger partial charge in [0.2, 0.25) is 5.91 Å². The number of alkyl halides is 3. The van der Waals surface area contributed by atoms with Crippen LogP contribution in [-0.2, 0) is 4.79 Å². The maximum Gasteiger partial charge on any atom is 0.402 e. The molecule has 1 amide bonds. The Morgan fingerprint density at radius 2 is 2.08 bits per heavy atom. The molecule has 3 nitrogen and oxygen atoms in total. The van der Waals surface area contributed by atoms with Crippen LogP contribution in [0.5, 0.6) is 0 Å². The lowest BCUT2D eigenvalue weighted by Crippen LogP contribution is -2.56. The Labute approximate surface area is 71.3 Å². The van der Waals surface area contributed by atoms with Crippen molar-refractivity contribution >= 4 is 23.2 Å². The molecule has 1 saturated heterocycles. The van der Waals surface area contributed by atoms with Crippen LogP contribution in [0.2, 0.25) is 0 Å². The Morgan fingerprint density at radius 3 is 2.50 bits per heavy atom. The number of rotatable bonds is 0. The van der Waals surface area contributed by atoms with E-state index >= 15 is 0 Å². The third-order valence-electron chi connectivity index (χ3n) is 1.42. The summed E-state index contributed by atoms with van der Waals surface area (Å²) >= 11 is 4.45. The summed E-state index contributed by atoms with van der Waals surface area (Å²) in [6.45, 7) is -0.478. The van der Waals surface area contributed by atoms with Crippen LogP contribution in [0.3, 0.4) is 0 Å². The van der Waals surface area contributed by atoms with Gasteiger partial charge in [0.25, 0.3) is 0 Å². The molecule has 0 aliphatic carbocycles. The van der Waals surface area contributed by atoms with Gasteiger partial charge in [-0.05, 0) is 12.2 Å². The number of carbonyl (C=O) groups is 1. The number of hydrogen-bond donors (Lipinski definition) is 2. The van der Waals surface area contributed by atoms with Crippen molar-refractivity contribution in [3.63, 3.8) is 0 Å². The van der Waals surface area contributed by atoms with E-state index in [0.717, 1.165) is 0 Å². The van der Waals surface area contributed by atoms with Crippen LogP contribution in [0.1, 0.15) is 0 Å². The van der Waals surface area contributed by atoms with E-state index in [-0.39, 0.29) is 5.11 Å². The van der Waals surface area contributed by atoms with Crippen molar-refractivity contribution in [1.82, 2.24) is 10.6 Å². The van der Waals surface area contributed by atoms with Gasteiger partial charge in [-0.1, -0.05) is 0 Å². The number of carbonyl (C=O) groups excluding carboxylic acids is 1. The Balaban J connectivity index is 2.69. The molecule has 1 rings (SSSR count). The summed E-state index contributed by atoms with van der Waals surface area (Å²) in [4.78, 5) is 10.7. The number of amides is 1. The van der Waals surface area contributed by atoms with Gasteiger partial charge in [-0.15, -0.1) is 0 Å². The van der Waals surface area contributed by atoms with Crippen molar-refractivity contribution in [2.24, 2.45) is 5.92 Å². The minimum absolute atomic E-state index is 0.0551. The molecule has 12 heavy (non-hydrogen) atoms. The Morgan fingerprint density at radius 1 is 1.50 bits per heavy atom. The molecule has 1 heterocycles. The van der Waals surface area contributed by atoms with E-state index in [9.17, 15) is 18.0 Å². The highest BCUT2D eigenvalue weighted by atomic mass is 32.1. The standard InChI is InChI=1S/C5H5F3N2OS/c6-5(7,8)2-1-9-4(12)10-3(2)11/h2H,1H2,(H2,9,10,11,12). The predicted octanol–water partition coefficient (Wildman–Crippen LogP) is 0.169. The fourth-order valence-corrected chi connectivity index (χ4v) is 0.979. The predicted molar refractivity (Wildman–Crippen MR) is 38.3 cm³/mol. The van der Waals surface area contributed by atoms with Crippen molar-refractivity contribution in [2.45, 2.75) is 6.18 Å². The first-order valence-corrected chi connectivity index (χ1v) is 3.47. The molecule has 0 radical (unpaired) electrons. The van der Waals surface area contributed by atoms with Crippen molar-refractivity contribution in [2.75, 3.05) is 6.54 Å². The van der Waals surface area contributed by atoms with Gasteiger partial charge in [0.1, 0.15) is 0 Å². The molecule has 0 bridgehead atoms. The first-order valence-electron chi connectivity index (χ1n) is 3.06. The average molecular weight is 198 g/mol. The van der Waals surface area contributed by atoms with Gasteiger partial charge in [-0.2, -0.15) is 13.2 Å². The van der Waals surface area contributed by atoms with Crippen molar-refractivity contribution in [3.8, 4) is 0 Å². The second kappa shape index (κ2) is 2.89. The summed E-state index contributed by atoms with van der Waals surface area (Å²) < 4.78 is 35.9. The molecule has 68 valence electrons. The summed E-state index contributed by atoms with van der Waals surface area (Å²) in [5.74, 6) is -3.09. The minimum atomic E-state index is -4.51. The summed E-state index contributed by atoms with van der Waals surface area (Å²) in [5, 5.41) is 4.09. The lowest BCUT2D eigenvalue weighted by Gasteiger charge is -2.25. The molecule has 1 unspecified atom stereocenters. The number of thiocarbonyl (C=S) groups is 1. The Bertz CT molecular complexity index is 227. The fourth-order valence-electron chi connectivity index (χ4n) is 0.795. The van der Waals surface area contributed by atoms with E-state index in [2.05, 4.69) is 17.5 Å². The minimum Gasteiger partial charge on any atom is -0.361 e. The third-order valence-corrected chi connectivity index (χ3v) is 1.66. The van der Waals surface area contributed by atoms with Crippen LogP contribution < -0.4 is 10.6 Å². The number of halogens is 3. The third kappa shape index (κ3) is 1.84. The second-order valence-corrected chi connectivity index (χ2v) is 2.70. The Hall–Kier alpha value is -0.850. The van der Waals surface area contributed by atoms with Gasteiger partial charge in [-0.3, -0.25) is 4.79 Å². The van der Waals surface area contributed by atoms with Gasteiger partial charge in [0.15, 0.2) is 11.0 Å². The smallest absolute Gasteiger partial charge is 0.361 e. The molecule has 0 saturated carbocycles. The first-order chi connectivity index (χ1) is 5.41. The monoisotopic (exact) mass is 198 g/mol. The highest BCUT2D eigenvalue weighted by Gasteiger charge is 2.46. The lowest BCUT2D eigenvalue weighted by atomic mass is 10.1. The molecule has 0 aromatic carbocycles. The summed E-state index contributed by atoms with van der Waals surface area (Å²) in [7, 11) is 0. The van der Waals surface area contributed by atoms with Crippen LogP contribution in [-0.4, -0.2) is 23.7 Å². The van der Waals surface area contributed by atoms with E-state index in [4.69, 9.17) is 0 Å². The maximum atomic E-state index is 12.0. The SMILES string of the molecule is O=C1NC(=S)NCC1C(F)(F)F. The summed E-state index contributed by atoms with van der Waals surface area (Å²) in [6.07, 6.45) is -4.51. The number of nitrogens with one attached hydrogen (secondary N) is 2. The van der Waals surface area contributed by atoms with E-state index in [0.29, 0.717) is 0 Å². The zero-order chi connectivity index (χ0) is 9.35. The normalized spacial score (nSPS) is 24.8. The average Bonchev–Trinajstić information content (AvgIpc) is 1.83. The molecular formula is C5H5F3N2OS. The van der Waals surface area contributed by atoms with Gasteiger partial charge in [0, 0.05) is 6.54 Å². The van der Waals surface area contributed by atoms with E-state index in [1.54, 1.807) is 0 Å². The van der Waals surface area contributed by atoms with Crippen molar-refractivity contribution in [3.05, 3.63) is 0 Å². The van der Waals surface area contributed by atoms with Gasteiger partial charge < -0.3 is 10.6 Å². The first kappa shape index (κ1) is 9.24. The molecule has 1 aliphatic rings. The van der Waals surface area contributed by atoms with Crippen LogP contribution in [0.15, 0.2) is 0 Å². The zero-order valence-corrected chi connectivity index (χ0v) is 6.55. The molecule has 0 aromatic heterocycles. The molecule has 2 N–H and O–H groups in total. The maximum absolute atomic E-state index is 12.0. The molecule has 1 atom stereocenters. The summed E-state index contributed by atoms with van der Waals surface area (Å²) in [5.41, 5.74) is 0. The van der Waals surface area contributed by atoms with Crippen molar-refractivity contribution in [1.29, 1.82) is 0 Å². The topological polar surface area (TPSA) is 41.1 Å². The van der Waals surface area contributed by atoms with Crippen LogP contribution in [0.25, 0.3) is 0 Å². The largest absolute Gasteiger partial charge is 0.402 e. The van der Waals surface area contributed by atoms with E-state index in [1.807, 2.05) is 5.32 Å². The lowest BCUT2D eigenvalue weighted by molar-refractivity contribution is -0.181. The molecule has 0 aromatic rings. The highest BCUT2D eigenvalue weighted by molar-refractivity contribution is 7.80. The molecule has 1 aliphatic heterocycles. The fraction of sp³-hybridized carbons (Fsp3) is 0.600. The summed E-state index contributed by atoms with van der Waals surface area (Å²) in [6, 6.07) is 0. The van der Waals surface area contributed by atoms with Crippen molar-refractivity contribution < 1.29 is 18.0 Å². The quantitative estimate of drug-likeness (QED) is 0.545. The molecule has 1 fully saturated rings. The Kier molecular flexibility index (Phi) is 2.22. The van der Waals surface area contributed by atoms with Gasteiger partial charge in [-0.25, -0.2) is 0 Å². The van der Waals surface area contributed by atoms with Crippen LogP contribution in [0, 0.1) is 5.92 Å². The molecule has 7 heteroatoms. The van der Waals surface area contributed by atoms with E-state index < -0.39 is 24.5 Å².